The van der Waals surface area contributed by atoms with Crippen LogP contribution in [0.25, 0.3) is 0 Å². The Morgan fingerprint density at radius 3 is 2.37 bits per heavy atom. The van der Waals surface area contributed by atoms with Crippen molar-refractivity contribution < 1.29 is 9.53 Å². The molecule has 0 aromatic heterocycles. The van der Waals surface area contributed by atoms with Crippen LogP contribution in [0.2, 0.25) is 0 Å². The normalized spacial score (nSPS) is 10.5. The first-order valence-electron chi connectivity index (χ1n) is 8.71. The van der Waals surface area contributed by atoms with Crippen LogP contribution in [-0.2, 0) is 11.2 Å². The van der Waals surface area contributed by atoms with Crippen molar-refractivity contribution in [3.05, 3.63) is 60.2 Å². The van der Waals surface area contributed by atoms with Gasteiger partial charge in [0, 0.05) is 18.8 Å². The molecule has 0 aliphatic carbocycles. The highest BCUT2D eigenvalue weighted by Crippen LogP contribution is 2.11. The Morgan fingerprint density at radius 2 is 1.74 bits per heavy atom. The van der Waals surface area contributed by atoms with E-state index >= 15 is 0 Å². The lowest BCUT2D eigenvalue weighted by Gasteiger charge is -2.11. The van der Waals surface area contributed by atoms with Crippen LogP contribution < -0.4 is 20.7 Å². The highest BCUT2D eigenvalue weighted by molar-refractivity contribution is 14.0. The zero-order valence-corrected chi connectivity index (χ0v) is 18.0. The number of hydrogen-bond acceptors (Lipinski definition) is 3. The van der Waals surface area contributed by atoms with E-state index in [4.69, 9.17) is 4.74 Å². The molecule has 6 nitrogen and oxygen atoms in total. The summed E-state index contributed by atoms with van der Waals surface area (Å²) in [5, 5.41) is 9.21. The summed E-state index contributed by atoms with van der Waals surface area (Å²) in [5.41, 5.74) is 1.97. The van der Waals surface area contributed by atoms with E-state index in [0.29, 0.717) is 5.96 Å². The molecule has 27 heavy (non-hydrogen) atoms. The molecule has 0 aliphatic heterocycles. The number of amides is 1. The van der Waals surface area contributed by atoms with Gasteiger partial charge >= 0.3 is 0 Å². The molecule has 0 bridgehead atoms. The van der Waals surface area contributed by atoms with Gasteiger partial charge in [0.05, 0.1) is 7.11 Å². The van der Waals surface area contributed by atoms with Gasteiger partial charge in [-0.3, -0.25) is 4.79 Å². The van der Waals surface area contributed by atoms with Gasteiger partial charge in [0.15, 0.2) is 5.96 Å². The van der Waals surface area contributed by atoms with Gasteiger partial charge in [0.25, 0.3) is 0 Å². The number of hydrogen-bond donors (Lipinski definition) is 3. The van der Waals surface area contributed by atoms with E-state index in [-0.39, 0.29) is 36.4 Å². The highest BCUT2D eigenvalue weighted by atomic mass is 127. The van der Waals surface area contributed by atoms with E-state index in [1.165, 1.54) is 5.56 Å². The molecule has 0 fully saturated rings. The zero-order chi connectivity index (χ0) is 18.6. The number of methoxy groups -OCH3 is 1. The second-order valence-electron chi connectivity index (χ2n) is 5.63. The van der Waals surface area contributed by atoms with E-state index in [9.17, 15) is 4.79 Å². The number of nitrogens with one attached hydrogen (secondary N) is 3. The molecule has 1 amide bonds. The fourth-order valence-corrected chi connectivity index (χ4v) is 2.33. The Morgan fingerprint density at radius 1 is 1.04 bits per heavy atom. The summed E-state index contributed by atoms with van der Waals surface area (Å²) in [7, 11) is 1.66. The number of nitrogens with zero attached hydrogens (tertiary/aromatic N) is 1. The molecule has 0 saturated heterocycles. The standard InChI is InChI=1S/C20H26N4O2.HI/c1-3-21-20(22-14-13-16-9-11-18(26-2)12-10-16)23-15-19(25)24-17-7-5-4-6-8-17;/h4-12H,3,13-15H2,1-2H3,(H,24,25)(H2,21,22,23);1H. The second kappa shape index (κ2) is 13.0. The first kappa shape index (κ1) is 22.8. The fraction of sp³-hybridized carbons (Fsp3) is 0.300. The molecule has 0 aliphatic rings. The summed E-state index contributed by atoms with van der Waals surface area (Å²) in [4.78, 5) is 16.3. The van der Waals surface area contributed by atoms with Gasteiger partial charge in [-0.05, 0) is 43.2 Å². The molecule has 146 valence electrons. The maximum atomic E-state index is 12.0. The van der Waals surface area contributed by atoms with Crippen LogP contribution >= 0.6 is 24.0 Å². The van der Waals surface area contributed by atoms with Crippen molar-refractivity contribution in [3.8, 4) is 5.75 Å². The average Bonchev–Trinajstić information content (AvgIpc) is 2.67. The molecule has 0 heterocycles. The SMILES string of the molecule is CCNC(=NCC(=O)Nc1ccccc1)NCCc1ccc(OC)cc1.I. The summed E-state index contributed by atoms with van der Waals surface area (Å²) in [6.45, 7) is 3.50. The van der Waals surface area contributed by atoms with Gasteiger partial charge in [-0.15, -0.1) is 24.0 Å². The number of anilines is 1. The molecule has 0 radical (unpaired) electrons. The van der Waals surface area contributed by atoms with E-state index in [1.54, 1.807) is 7.11 Å². The number of carbonyl (C=O) groups excluding carboxylic acids is 1. The molecule has 2 aromatic carbocycles. The Hall–Kier alpha value is -2.29. The van der Waals surface area contributed by atoms with Crippen LogP contribution in [0.3, 0.4) is 0 Å². The molecular weight excluding hydrogens is 455 g/mol. The van der Waals surface area contributed by atoms with Gasteiger partial charge in [-0.2, -0.15) is 0 Å². The number of halogens is 1. The molecule has 2 aromatic rings. The maximum absolute atomic E-state index is 12.0. The van der Waals surface area contributed by atoms with Gasteiger partial charge in [-0.1, -0.05) is 30.3 Å². The maximum Gasteiger partial charge on any atom is 0.246 e. The van der Waals surface area contributed by atoms with Crippen LogP contribution in [0.5, 0.6) is 5.75 Å². The predicted molar refractivity (Wildman–Crippen MR) is 121 cm³/mol. The predicted octanol–water partition coefficient (Wildman–Crippen LogP) is 3.05. The second-order valence-corrected chi connectivity index (χ2v) is 5.63. The van der Waals surface area contributed by atoms with Crippen molar-refractivity contribution in [2.75, 3.05) is 32.1 Å². The molecule has 3 N–H and O–H groups in total. The lowest BCUT2D eigenvalue weighted by Crippen LogP contribution is -2.39. The molecule has 0 unspecified atom stereocenters. The summed E-state index contributed by atoms with van der Waals surface area (Å²) in [5.74, 6) is 1.33. The van der Waals surface area contributed by atoms with E-state index in [2.05, 4.69) is 20.9 Å². The lowest BCUT2D eigenvalue weighted by molar-refractivity contribution is -0.114. The molecule has 2 rings (SSSR count). The number of benzene rings is 2. The minimum absolute atomic E-state index is 0. The average molecular weight is 482 g/mol. The smallest absolute Gasteiger partial charge is 0.246 e. The fourth-order valence-electron chi connectivity index (χ4n) is 2.33. The third-order valence-corrected chi connectivity index (χ3v) is 3.65. The summed E-state index contributed by atoms with van der Waals surface area (Å²) in [6, 6.07) is 17.3. The van der Waals surface area contributed by atoms with Crippen molar-refractivity contribution in [2.24, 2.45) is 4.99 Å². The lowest BCUT2D eigenvalue weighted by atomic mass is 10.1. The van der Waals surface area contributed by atoms with Crippen LogP contribution in [0, 0.1) is 0 Å². The van der Waals surface area contributed by atoms with E-state index in [0.717, 1.165) is 30.9 Å². The van der Waals surface area contributed by atoms with Gasteiger partial charge in [0.2, 0.25) is 5.91 Å². The molecular formula is C20H27IN4O2. The van der Waals surface area contributed by atoms with Gasteiger partial charge < -0.3 is 20.7 Å². The summed E-state index contributed by atoms with van der Waals surface area (Å²) < 4.78 is 5.16. The number of guanidine groups is 1. The van der Waals surface area contributed by atoms with Crippen LogP contribution in [0.4, 0.5) is 5.69 Å². The minimum atomic E-state index is -0.149. The highest BCUT2D eigenvalue weighted by Gasteiger charge is 2.03. The van der Waals surface area contributed by atoms with E-state index in [1.807, 2.05) is 61.5 Å². The minimum Gasteiger partial charge on any atom is -0.497 e. The monoisotopic (exact) mass is 482 g/mol. The Bertz CT molecular complexity index is 706. The van der Waals surface area contributed by atoms with Crippen LogP contribution in [0.1, 0.15) is 12.5 Å². The number of aliphatic imine (C=N–C) groups is 1. The summed E-state index contributed by atoms with van der Waals surface area (Å²) >= 11 is 0. The van der Waals surface area contributed by atoms with Crippen LogP contribution in [0.15, 0.2) is 59.6 Å². The number of ether oxygens (including phenoxy) is 1. The Balaban J connectivity index is 0.00000364. The first-order valence-corrected chi connectivity index (χ1v) is 8.71. The van der Waals surface area contributed by atoms with Crippen LogP contribution in [-0.4, -0.2) is 38.6 Å². The first-order chi connectivity index (χ1) is 12.7. The number of rotatable bonds is 8. The Labute approximate surface area is 177 Å². The van der Waals surface area contributed by atoms with Crippen molar-refractivity contribution >= 4 is 41.5 Å². The molecule has 7 heteroatoms. The topological polar surface area (TPSA) is 74.8 Å². The van der Waals surface area contributed by atoms with E-state index < -0.39 is 0 Å². The third-order valence-electron chi connectivity index (χ3n) is 3.65. The van der Waals surface area contributed by atoms with Crippen molar-refractivity contribution in [1.82, 2.24) is 10.6 Å². The molecule has 0 saturated carbocycles. The number of carbonyl (C=O) groups is 1. The molecule has 0 atom stereocenters. The number of para-hydroxylation sites is 1. The van der Waals surface area contributed by atoms with Crippen molar-refractivity contribution in [2.45, 2.75) is 13.3 Å². The zero-order valence-electron chi connectivity index (χ0n) is 15.7. The van der Waals surface area contributed by atoms with Crippen molar-refractivity contribution in [1.29, 1.82) is 0 Å². The quantitative estimate of drug-likeness (QED) is 0.307. The Kier molecular flexibility index (Phi) is 10.9. The summed E-state index contributed by atoms with van der Waals surface area (Å²) in [6.07, 6.45) is 0.852. The van der Waals surface area contributed by atoms with Crippen molar-refractivity contribution in [3.63, 3.8) is 0 Å². The largest absolute Gasteiger partial charge is 0.497 e. The van der Waals surface area contributed by atoms with Gasteiger partial charge in [-0.25, -0.2) is 4.99 Å². The third kappa shape index (κ3) is 8.76. The molecule has 0 spiro atoms. The van der Waals surface area contributed by atoms with Gasteiger partial charge in [0.1, 0.15) is 12.3 Å².